The van der Waals surface area contributed by atoms with E-state index in [1.807, 2.05) is 34.6 Å². The second-order valence-corrected chi connectivity index (χ2v) is 6.80. The van der Waals surface area contributed by atoms with Gasteiger partial charge in [0.2, 0.25) is 0 Å². The summed E-state index contributed by atoms with van der Waals surface area (Å²) < 4.78 is 5.25. The molecule has 0 bridgehead atoms. The maximum absolute atomic E-state index is 11.6. The molecule has 1 aromatic heterocycles. The highest BCUT2D eigenvalue weighted by atomic mass is 16.6. The summed E-state index contributed by atoms with van der Waals surface area (Å²) >= 11 is 0. The Morgan fingerprint density at radius 2 is 2.00 bits per heavy atom. The Labute approximate surface area is 126 Å². The van der Waals surface area contributed by atoms with Crippen LogP contribution in [0.3, 0.4) is 0 Å². The van der Waals surface area contributed by atoms with Gasteiger partial charge in [-0.3, -0.25) is 5.10 Å². The van der Waals surface area contributed by atoms with Crippen molar-refractivity contribution in [3.05, 3.63) is 17.0 Å². The number of amides is 1. The number of carbonyl (C=O) groups is 1. The second-order valence-electron chi connectivity index (χ2n) is 6.80. The lowest BCUT2D eigenvalue weighted by Gasteiger charge is -2.36. The van der Waals surface area contributed by atoms with Gasteiger partial charge in [0, 0.05) is 29.9 Å². The van der Waals surface area contributed by atoms with Crippen LogP contribution in [-0.2, 0) is 11.3 Å². The average molecular weight is 294 g/mol. The lowest BCUT2D eigenvalue weighted by Crippen LogP contribution is -2.53. The number of nitrogens with zero attached hydrogens (tertiary/aromatic N) is 1. The van der Waals surface area contributed by atoms with Crippen LogP contribution in [0, 0.1) is 13.8 Å². The highest BCUT2D eigenvalue weighted by Gasteiger charge is 2.31. The first-order valence-electron chi connectivity index (χ1n) is 7.48. The molecule has 2 rings (SSSR count). The van der Waals surface area contributed by atoms with E-state index in [1.165, 1.54) is 5.56 Å². The van der Waals surface area contributed by atoms with Crippen molar-refractivity contribution in [2.75, 3.05) is 0 Å². The number of aromatic amines is 1. The summed E-state index contributed by atoms with van der Waals surface area (Å²) in [6, 6.07) is 0.655. The smallest absolute Gasteiger partial charge is 0.407 e. The Bertz CT molecular complexity index is 479. The zero-order valence-corrected chi connectivity index (χ0v) is 13.5. The van der Waals surface area contributed by atoms with Crippen molar-refractivity contribution in [2.24, 2.45) is 0 Å². The summed E-state index contributed by atoms with van der Waals surface area (Å²) in [5.41, 5.74) is 2.95. The third-order valence-electron chi connectivity index (χ3n) is 3.71. The van der Waals surface area contributed by atoms with Gasteiger partial charge in [-0.1, -0.05) is 0 Å². The quantitative estimate of drug-likeness (QED) is 0.795. The van der Waals surface area contributed by atoms with Gasteiger partial charge in [-0.15, -0.1) is 0 Å². The molecule has 3 N–H and O–H groups in total. The van der Waals surface area contributed by atoms with Crippen molar-refractivity contribution >= 4 is 6.09 Å². The number of alkyl carbamates (subject to hydrolysis) is 1. The highest BCUT2D eigenvalue weighted by Crippen LogP contribution is 2.21. The van der Waals surface area contributed by atoms with Gasteiger partial charge in [-0.05, 0) is 47.5 Å². The predicted octanol–water partition coefficient (Wildman–Crippen LogP) is 2.17. The van der Waals surface area contributed by atoms with Crippen LogP contribution in [-0.4, -0.2) is 34.0 Å². The Balaban J connectivity index is 1.67. The predicted molar refractivity (Wildman–Crippen MR) is 81.1 cm³/mol. The minimum absolute atomic E-state index is 0.212. The number of hydrogen-bond acceptors (Lipinski definition) is 4. The molecule has 0 unspecified atom stereocenters. The van der Waals surface area contributed by atoms with Crippen molar-refractivity contribution in [1.82, 2.24) is 20.8 Å². The zero-order chi connectivity index (χ0) is 15.6. The molecule has 118 valence electrons. The summed E-state index contributed by atoms with van der Waals surface area (Å²) in [4.78, 5) is 11.6. The minimum atomic E-state index is -0.443. The molecule has 0 atom stereocenters. The number of ether oxygens (including phenoxy) is 1. The number of nitrogens with one attached hydrogen (secondary N) is 3. The zero-order valence-electron chi connectivity index (χ0n) is 13.5. The van der Waals surface area contributed by atoms with Crippen molar-refractivity contribution in [1.29, 1.82) is 0 Å². The van der Waals surface area contributed by atoms with Crippen molar-refractivity contribution < 1.29 is 9.53 Å². The van der Waals surface area contributed by atoms with Gasteiger partial charge in [-0.25, -0.2) is 4.79 Å². The summed E-state index contributed by atoms with van der Waals surface area (Å²) in [6.45, 7) is 10.5. The lowest BCUT2D eigenvalue weighted by molar-refractivity contribution is 0.0465. The first-order chi connectivity index (χ1) is 9.74. The molecule has 1 aliphatic rings. The molecule has 1 aliphatic carbocycles. The lowest BCUT2D eigenvalue weighted by atomic mass is 9.86. The van der Waals surface area contributed by atoms with Crippen LogP contribution >= 0.6 is 0 Å². The summed E-state index contributed by atoms with van der Waals surface area (Å²) in [5.74, 6) is 0. The molecule has 1 heterocycles. The van der Waals surface area contributed by atoms with E-state index < -0.39 is 5.60 Å². The Morgan fingerprint density at radius 1 is 1.33 bits per heavy atom. The third kappa shape index (κ3) is 4.46. The van der Waals surface area contributed by atoms with Gasteiger partial charge >= 0.3 is 6.09 Å². The summed E-state index contributed by atoms with van der Waals surface area (Å²) in [7, 11) is 0. The fourth-order valence-corrected chi connectivity index (χ4v) is 2.46. The van der Waals surface area contributed by atoms with E-state index in [4.69, 9.17) is 4.74 Å². The fraction of sp³-hybridized carbons (Fsp3) is 0.733. The number of aryl methyl sites for hydroxylation is 2. The number of rotatable bonds is 4. The molecule has 0 saturated heterocycles. The van der Waals surface area contributed by atoms with Gasteiger partial charge in [0.15, 0.2) is 0 Å². The molecule has 21 heavy (non-hydrogen) atoms. The second kappa shape index (κ2) is 6.05. The first-order valence-corrected chi connectivity index (χ1v) is 7.48. The standard InChI is InChI=1S/C15H26N4O2/c1-9-13(10(2)19-18-9)8-16-11-6-12(7-11)17-14(20)21-15(3,4)5/h11-12,16H,6-8H2,1-5H3,(H,17,20)(H,18,19). The maximum atomic E-state index is 11.6. The molecule has 6 nitrogen and oxygen atoms in total. The monoisotopic (exact) mass is 294 g/mol. The fourth-order valence-electron chi connectivity index (χ4n) is 2.46. The summed E-state index contributed by atoms with van der Waals surface area (Å²) in [6.07, 6.45) is 1.55. The molecule has 0 aliphatic heterocycles. The van der Waals surface area contributed by atoms with Crippen LogP contribution in [0.2, 0.25) is 0 Å². The van der Waals surface area contributed by atoms with Crippen LogP contribution < -0.4 is 10.6 Å². The topological polar surface area (TPSA) is 79.0 Å². The van der Waals surface area contributed by atoms with Gasteiger partial charge in [0.25, 0.3) is 0 Å². The molecule has 1 saturated carbocycles. The normalized spacial score (nSPS) is 21.8. The average Bonchev–Trinajstić information content (AvgIpc) is 2.60. The van der Waals surface area contributed by atoms with Gasteiger partial charge in [0.05, 0.1) is 5.69 Å². The van der Waals surface area contributed by atoms with Crippen molar-refractivity contribution in [2.45, 2.75) is 71.7 Å². The molecule has 1 amide bonds. The molecular formula is C15H26N4O2. The number of carbonyl (C=O) groups excluding carboxylic acids is 1. The number of H-pyrrole nitrogens is 1. The highest BCUT2D eigenvalue weighted by molar-refractivity contribution is 5.68. The Kier molecular flexibility index (Phi) is 4.56. The molecule has 1 fully saturated rings. The van der Waals surface area contributed by atoms with Crippen molar-refractivity contribution in [3.63, 3.8) is 0 Å². The third-order valence-corrected chi connectivity index (χ3v) is 3.71. The molecular weight excluding hydrogens is 268 g/mol. The van der Waals surface area contributed by atoms with Crippen LogP contribution in [0.4, 0.5) is 4.79 Å². The minimum Gasteiger partial charge on any atom is -0.444 e. The first kappa shape index (κ1) is 15.8. The molecule has 1 aromatic rings. The Morgan fingerprint density at radius 3 is 2.52 bits per heavy atom. The van der Waals surface area contributed by atoms with E-state index in [0.717, 1.165) is 30.8 Å². The van der Waals surface area contributed by atoms with Crippen LogP contribution in [0.25, 0.3) is 0 Å². The van der Waals surface area contributed by atoms with E-state index in [9.17, 15) is 4.79 Å². The Hall–Kier alpha value is -1.56. The van der Waals surface area contributed by atoms with Crippen LogP contribution in [0.5, 0.6) is 0 Å². The van der Waals surface area contributed by atoms with Gasteiger partial charge < -0.3 is 15.4 Å². The van der Waals surface area contributed by atoms with E-state index in [1.54, 1.807) is 0 Å². The molecule has 6 heteroatoms. The number of aromatic nitrogens is 2. The van der Waals surface area contributed by atoms with Gasteiger partial charge in [0.1, 0.15) is 5.60 Å². The molecule has 0 radical (unpaired) electrons. The van der Waals surface area contributed by atoms with Crippen LogP contribution in [0.15, 0.2) is 0 Å². The number of hydrogen-bond donors (Lipinski definition) is 3. The van der Waals surface area contributed by atoms with E-state index in [2.05, 4.69) is 20.8 Å². The molecule has 0 aromatic carbocycles. The van der Waals surface area contributed by atoms with Gasteiger partial charge in [-0.2, -0.15) is 5.10 Å². The van der Waals surface area contributed by atoms with E-state index in [0.29, 0.717) is 6.04 Å². The van der Waals surface area contributed by atoms with Crippen molar-refractivity contribution in [3.8, 4) is 0 Å². The largest absolute Gasteiger partial charge is 0.444 e. The van der Waals surface area contributed by atoms with Crippen LogP contribution in [0.1, 0.15) is 50.6 Å². The van der Waals surface area contributed by atoms with E-state index in [-0.39, 0.29) is 12.1 Å². The summed E-state index contributed by atoms with van der Waals surface area (Å²) in [5, 5.41) is 13.6. The molecule has 0 spiro atoms. The maximum Gasteiger partial charge on any atom is 0.407 e. The van der Waals surface area contributed by atoms with E-state index >= 15 is 0 Å². The SMILES string of the molecule is Cc1n[nH]c(C)c1CNC1CC(NC(=O)OC(C)(C)C)C1.